The summed E-state index contributed by atoms with van der Waals surface area (Å²) in [5.74, 6) is -0.230. The Morgan fingerprint density at radius 1 is 1.39 bits per heavy atom. The van der Waals surface area contributed by atoms with E-state index in [0.717, 1.165) is 43.5 Å². The van der Waals surface area contributed by atoms with Crippen molar-refractivity contribution in [3.8, 4) is 0 Å². The lowest BCUT2D eigenvalue weighted by atomic mass is 10.3. The third kappa shape index (κ3) is 4.47. The molecule has 2 aromatic heterocycles. The molecule has 1 fully saturated rings. The minimum atomic E-state index is -0.230. The van der Waals surface area contributed by atoms with Crippen molar-refractivity contribution in [1.82, 2.24) is 20.2 Å². The molecule has 2 N–H and O–H groups in total. The van der Waals surface area contributed by atoms with Crippen molar-refractivity contribution in [2.24, 2.45) is 0 Å². The summed E-state index contributed by atoms with van der Waals surface area (Å²) in [5.41, 5.74) is 1.22. The van der Waals surface area contributed by atoms with Crippen LogP contribution < -0.4 is 10.9 Å². The monoisotopic (exact) mass is 334 g/mol. The Bertz CT molecular complexity index is 701. The van der Waals surface area contributed by atoms with E-state index in [2.05, 4.69) is 20.2 Å². The predicted molar refractivity (Wildman–Crippen MR) is 86.4 cm³/mol. The number of amides is 1. The van der Waals surface area contributed by atoms with Crippen LogP contribution in [0.4, 0.5) is 0 Å². The van der Waals surface area contributed by atoms with Crippen LogP contribution in [-0.2, 0) is 17.8 Å². The number of H-pyrrole nitrogens is 1. The molecular formula is C15H18N4O3S. The number of ether oxygens (including phenoxy) is 1. The van der Waals surface area contributed by atoms with Crippen molar-refractivity contribution < 1.29 is 9.53 Å². The normalized spacial score (nSPS) is 15.5. The van der Waals surface area contributed by atoms with Crippen LogP contribution >= 0.6 is 11.3 Å². The van der Waals surface area contributed by atoms with Crippen LogP contribution in [0.1, 0.15) is 21.1 Å². The van der Waals surface area contributed by atoms with E-state index in [-0.39, 0.29) is 11.5 Å². The van der Waals surface area contributed by atoms with Gasteiger partial charge in [0.1, 0.15) is 5.01 Å². The van der Waals surface area contributed by atoms with Gasteiger partial charge in [0.15, 0.2) is 0 Å². The first kappa shape index (κ1) is 15.9. The smallest absolute Gasteiger partial charge is 0.253 e. The molecule has 7 nitrogen and oxygen atoms in total. The third-order valence-electron chi connectivity index (χ3n) is 3.54. The molecule has 1 saturated heterocycles. The highest BCUT2D eigenvalue weighted by Gasteiger charge is 2.13. The van der Waals surface area contributed by atoms with Gasteiger partial charge in [-0.05, 0) is 6.07 Å². The fraction of sp³-hybridized carbons (Fsp3) is 0.400. The lowest BCUT2D eigenvalue weighted by Crippen LogP contribution is -2.35. The van der Waals surface area contributed by atoms with E-state index in [1.807, 2.05) is 5.38 Å². The molecule has 0 unspecified atom stereocenters. The van der Waals surface area contributed by atoms with E-state index in [0.29, 0.717) is 12.1 Å². The topological polar surface area (TPSA) is 87.3 Å². The highest BCUT2D eigenvalue weighted by atomic mass is 32.1. The molecule has 1 aliphatic heterocycles. The average Bonchev–Trinajstić information content (AvgIpc) is 3.02. The van der Waals surface area contributed by atoms with Gasteiger partial charge in [-0.1, -0.05) is 0 Å². The Kier molecular flexibility index (Phi) is 5.16. The zero-order chi connectivity index (χ0) is 16.1. The molecule has 0 spiro atoms. The minimum absolute atomic E-state index is 0.228. The Morgan fingerprint density at radius 3 is 2.96 bits per heavy atom. The zero-order valence-electron chi connectivity index (χ0n) is 12.6. The van der Waals surface area contributed by atoms with Crippen molar-refractivity contribution in [2.45, 2.75) is 13.1 Å². The fourth-order valence-corrected chi connectivity index (χ4v) is 3.03. The largest absolute Gasteiger partial charge is 0.379 e. The molecule has 0 radical (unpaired) electrons. The second kappa shape index (κ2) is 7.49. The van der Waals surface area contributed by atoms with E-state index in [1.54, 1.807) is 0 Å². The highest BCUT2D eigenvalue weighted by Crippen LogP contribution is 2.12. The van der Waals surface area contributed by atoms with Gasteiger partial charge in [0.2, 0.25) is 5.56 Å². The Balaban J connectivity index is 1.51. The Hall–Kier alpha value is -2.03. The number of pyridine rings is 1. The highest BCUT2D eigenvalue weighted by molar-refractivity contribution is 7.09. The van der Waals surface area contributed by atoms with Gasteiger partial charge in [0.05, 0.1) is 31.0 Å². The Labute approximate surface area is 137 Å². The summed E-state index contributed by atoms with van der Waals surface area (Å²) in [4.78, 5) is 32.3. The summed E-state index contributed by atoms with van der Waals surface area (Å²) < 4.78 is 5.33. The van der Waals surface area contributed by atoms with E-state index >= 15 is 0 Å². The van der Waals surface area contributed by atoms with Gasteiger partial charge in [-0.25, -0.2) is 4.98 Å². The van der Waals surface area contributed by atoms with E-state index in [1.165, 1.54) is 29.7 Å². The maximum absolute atomic E-state index is 12.0. The summed E-state index contributed by atoms with van der Waals surface area (Å²) in [6, 6.07) is 2.83. The number of carbonyl (C=O) groups is 1. The zero-order valence-corrected chi connectivity index (χ0v) is 13.4. The van der Waals surface area contributed by atoms with Gasteiger partial charge in [-0.2, -0.15) is 0 Å². The number of aromatic nitrogens is 2. The SMILES string of the molecule is O=C(NCc1nc(CN2CCOCC2)cs1)c1ccc(=O)[nH]c1. The van der Waals surface area contributed by atoms with Crippen LogP contribution in [0, 0.1) is 0 Å². The molecule has 0 saturated carbocycles. The maximum atomic E-state index is 12.0. The summed E-state index contributed by atoms with van der Waals surface area (Å²) in [5, 5.41) is 5.70. The standard InChI is InChI=1S/C15H18N4O3S/c20-13-2-1-11(7-16-13)15(21)17-8-14-18-12(10-23-14)9-19-3-5-22-6-4-19/h1-2,7,10H,3-6,8-9H2,(H,16,20)(H,17,21). The number of carbonyl (C=O) groups excluding carboxylic acids is 1. The van der Waals surface area contributed by atoms with Crippen molar-refractivity contribution >= 4 is 17.2 Å². The predicted octanol–water partition coefficient (Wildman–Crippen LogP) is 0.594. The lowest BCUT2D eigenvalue weighted by Gasteiger charge is -2.25. The van der Waals surface area contributed by atoms with Crippen molar-refractivity contribution in [1.29, 1.82) is 0 Å². The summed E-state index contributed by atoms with van der Waals surface area (Å²) in [7, 11) is 0. The van der Waals surface area contributed by atoms with Gasteiger partial charge in [-0.15, -0.1) is 11.3 Å². The van der Waals surface area contributed by atoms with E-state index in [9.17, 15) is 9.59 Å². The van der Waals surface area contributed by atoms with Crippen LogP contribution in [0.3, 0.4) is 0 Å². The average molecular weight is 334 g/mol. The molecule has 0 atom stereocenters. The number of nitrogens with zero attached hydrogens (tertiary/aromatic N) is 2. The van der Waals surface area contributed by atoms with Crippen molar-refractivity contribution in [3.63, 3.8) is 0 Å². The van der Waals surface area contributed by atoms with Gasteiger partial charge in [0.25, 0.3) is 5.91 Å². The lowest BCUT2D eigenvalue weighted by molar-refractivity contribution is 0.0337. The van der Waals surface area contributed by atoms with Crippen LogP contribution in [-0.4, -0.2) is 47.1 Å². The number of hydrogen-bond donors (Lipinski definition) is 2. The maximum Gasteiger partial charge on any atom is 0.253 e. The first-order valence-corrected chi connectivity index (χ1v) is 8.29. The molecule has 0 aliphatic carbocycles. The molecule has 23 heavy (non-hydrogen) atoms. The first-order chi connectivity index (χ1) is 11.2. The second-order valence-electron chi connectivity index (χ2n) is 5.25. The number of nitrogens with one attached hydrogen (secondary N) is 2. The summed E-state index contributed by atoms with van der Waals surface area (Å²) >= 11 is 1.54. The van der Waals surface area contributed by atoms with Gasteiger partial charge < -0.3 is 15.0 Å². The van der Waals surface area contributed by atoms with Crippen LogP contribution in [0.2, 0.25) is 0 Å². The molecule has 3 rings (SSSR count). The molecule has 1 aliphatic rings. The molecule has 2 aromatic rings. The molecule has 0 aromatic carbocycles. The van der Waals surface area contributed by atoms with E-state index in [4.69, 9.17) is 4.74 Å². The number of rotatable bonds is 5. The molecular weight excluding hydrogens is 316 g/mol. The molecule has 8 heteroatoms. The van der Waals surface area contributed by atoms with Crippen molar-refractivity contribution in [3.05, 3.63) is 50.3 Å². The fourth-order valence-electron chi connectivity index (χ4n) is 2.30. The first-order valence-electron chi connectivity index (χ1n) is 7.41. The molecule has 1 amide bonds. The summed E-state index contributed by atoms with van der Waals surface area (Å²) in [6.45, 7) is 4.59. The quantitative estimate of drug-likeness (QED) is 0.836. The van der Waals surface area contributed by atoms with Crippen LogP contribution in [0.5, 0.6) is 0 Å². The second-order valence-corrected chi connectivity index (χ2v) is 6.19. The molecule has 0 bridgehead atoms. The van der Waals surface area contributed by atoms with Gasteiger partial charge in [-0.3, -0.25) is 14.5 Å². The van der Waals surface area contributed by atoms with Gasteiger partial charge >= 0.3 is 0 Å². The van der Waals surface area contributed by atoms with Crippen LogP contribution in [0.25, 0.3) is 0 Å². The number of aromatic amines is 1. The van der Waals surface area contributed by atoms with E-state index < -0.39 is 0 Å². The summed E-state index contributed by atoms with van der Waals surface area (Å²) in [6.07, 6.45) is 1.41. The minimum Gasteiger partial charge on any atom is -0.379 e. The van der Waals surface area contributed by atoms with Crippen LogP contribution in [0.15, 0.2) is 28.5 Å². The third-order valence-corrected chi connectivity index (χ3v) is 4.43. The van der Waals surface area contributed by atoms with Gasteiger partial charge in [0, 0.05) is 37.3 Å². The number of thiazole rings is 1. The number of morpholine rings is 1. The molecule has 122 valence electrons. The molecule has 3 heterocycles. The number of hydrogen-bond acceptors (Lipinski definition) is 6. The van der Waals surface area contributed by atoms with Crippen molar-refractivity contribution in [2.75, 3.05) is 26.3 Å². The Morgan fingerprint density at radius 2 is 2.22 bits per heavy atom.